The van der Waals surface area contributed by atoms with Gasteiger partial charge in [0.2, 0.25) is 0 Å². The number of Topliss-reactive ketones (excluding diaryl/α,β-unsaturated/α-hetero) is 1. The van der Waals surface area contributed by atoms with E-state index in [1.807, 2.05) is 26.0 Å². The number of hydrogen-bond acceptors (Lipinski definition) is 3. The molecular formula is C19H29NO3. The lowest BCUT2D eigenvalue weighted by Gasteiger charge is -2.14. The molecule has 0 radical (unpaired) electrons. The van der Waals surface area contributed by atoms with E-state index in [0.717, 1.165) is 12.0 Å². The fourth-order valence-corrected chi connectivity index (χ4v) is 2.27. The molecule has 0 spiro atoms. The molecule has 0 aliphatic carbocycles. The smallest absolute Gasteiger partial charge is 0.408 e. The third-order valence-corrected chi connectivity index (χ3v) is 3.46. The number of ketones is 1. The minimum atomic E-state index is -0.555. The van der Waals surface area contributed by atoms with Crippen LogP contribution < -0.4 is 5.32 Å². The van der Waals surface area contributed by atoms with Crippen molar-refractivity contribution in [1.29, 1.82) is 0 Å². The van der Waals surface area contributed by atoms with Crippen LogP contribution in [0, 0.1) is 11.8 Å². The van der Waals surface area contributed by atoms with Crippen LogP contribution in [-0.2, 0) is 22.6 Å². The summed E-state index contributed by atoms with van der Waals surface area (Å²) in [4.78, 5) is 23.6. The standard InChI is InChI=1S/C19H29NO3/c1-13(2)10-16-6-8-17(9-7-16)12-23-19(22)20-15(5)18(21)11-14(3)4/h6-9,13-15H,10-12H2,1-5H3,(H,20,22). The largest absolute Gasteiger partial charge is 0.445 e. The van der Waals surface area contributed by atoms with Crippen molar-refractivity contribution in [3.05, 3.63) is 35.4 Å². The van der Waals surface area contributed by atoms with Crippen molar-refractivity contribution in [3.8, 4) is 0 Å². The summed E-state index contributed by atoms with van der Waals surface area (Å²) in [6.07, 6.45) is 0.941. The Labute approximate surface area is 139 Å². The number of rotatable bonds is 8. The average molecular weight is 319 g/mol. The lowest BCUT2D eigenvalue weighted by atomic mass is 10.0. The van der Waals surface area contributed by atoms with E-state index in [2.05, 4.69) is 31.3 Å². The van der Waals surface area contributed by atoms with Crippen molar-refractivity contribution in [3.63, 3.8) is 0 Å². The zero-order valence-corrected chi connectivity index (χ0v) is 14.9. The Morgan fingerprint density at radius 2 is 1.52 bits per heavy atom. The topological polar surface area (TPSA) is 55.4 Å². The van der Waals surface area contributed by atoms with Crippen LogP contribution in [0.25, 0.3) is 0 Å². The summed E-state index contributed by atoms with van der Waals surface area (Å²) >= 11 is 0. The lowest BCUT2D eigenvalue weighted by molar-refractivity contribution is -0.121. The van der Waals surface area contributed by atoms with E-state index >= 15 is 0 Å². The highest BCUT2D eigenvalue weighted by Gasteiger charge is 2.17. The van der Waals surface area contributed by atoms with Crippen LogP contribution in [0.2, 0.25) is 0 Å². The second-order valence-corrected chi connectivity index (χ2v) is 6.92. The molecule has 1 unspecified atom stereocenters. The molecular weight excluding hydrogens is 290 g/mol. The Hall–Kier alpha value is -1.84. The van der Waals surface area contributed by atoms with Crippen molar-refractivity contribution in [1.82, 2.24) is 5.32 Å². The molecule has 1 aromatic carbocycles. The highest BCUT2D eigenvalue weighted by Crippen LogP contribution is 2.10. The summed E-state index contributed by atoms with van der Waals surface area (Å²) < 4.78 is 5.17. The molecule has 4 heteroatoms. The van der Waals surface area contributed by atoms with Gasteiger partial charge in [0.15, 0.2) is 5.78 Å². The number of hydrogen-bond donors (Lipinski definition) is 1. The van der Waals surface area contributed by atoms with Gasteiger partial charge in [0.25, 0.3) is 0 Å². The Bertz CT molecular complexity index is 506. The van der Waals surface area contributed by atoms with Gasteiger partial charge < -0.3 is 10.1 Å². The third-order valence-electron chi connectivity index (χ3n) is 3.46. The number of amides is 1. The fourth-order valence-electron chi connectivity index (χ4n) is 2.27. The average Bonchev–Trinajstić information content (AvgIpc) is 2.45. The molecule has 0 aromatic heterocycles. The zero-order chi connectivity index (χ0) is 17.4. The number of carbonyl (C=O) groups excluding carboxylic acids is 2. The van der Waals surface area contributed by atoms with Crippen molar-refractivity contribution in [2.75, 3.05) is 0 Å². The minimum Gasteiger partial charge on any atom is -0.445 e. The van der Waals surface area contributed by atoms with Gasteiger partial charge in [0, 0.05) is 6.42 Å². The second kappa shape index (κ2) is 9.33. The van der Waals surface area contributed by atoms with Gasteiger partial charge in [0.05, 0.1) is 6.04 Å². The normalized spacial score (nSPS) is 12.3. The molecule has 1 N–H and O–H groups in total. The molecule has 128 valence electrons. The van der Waals surface area contributed by atoms with Gasteiger partial charge in [-0.3, -0.25) is 4.79 Å². The molecule has 1 rings (SSSR count). The molecule has 0 saturated carbocycles. The highest BCUT2D eigenvalue weighted by molar-refractivity contribution is 5.87. The van der Waals surface area contributed by atoms with Crippen molar-refractivity contribution >= 4 is 11.9 Å². The van der Waals surface area contributed by atoms with E-state index < -0.39 is 12.1 Å². The Morgan fingerprint density at radius 3 is 2.04 bits per heavy atom. The molecule has 1 amide bonds. The SMILES string of the molecule is CC(C)CC(=O)C(C)NC(=O)OCc1ccc(CC(C)C)cc1. The van der Waals surface area contributed by atoms with Gasteiger partial charge in [-0.05, 0) is 36.3 Å². The van der Waals surface area contributed by atoms with E-state index in [-0.39, 0.29) is 18.3 Å². The van der Waals surface area contributed by atoms with E-state index in [0.29, 0.717) is 12.3 Å². The lowest BCUT2D eigenvalue weighted by Crippen LogP contribution is -2.39. The highest BCUT2D eigenvalue weighted by atomic mass is 16.5. The molecule has 1 aromatic rings. The first-order valence-electron chi connectivity index (χ1n) is 8.31. The molecule has 0 aliphatic rings. The third kappa shape index (κ3) is 7.82. The fraction of sp³-hybridized carbons (Fsp3) is 0.579. The maximum absolute atomic E-state index is 11.8. The van der Waals surface area contributed by atoms with Crippen LogP contribution in [-0.4, -0.2) is 17.9 Å². The maximum atomic E-state index is 11.8. The Balaban J connectivity index is 2.39. The van der Waals surface area contributed by atoms with Crippen molar-refractivity contribution < 1.29 is 14.3 Å². The molecule has 1 atom stereocenters. The predicted molar refractivity (Wildman–Crippen MR) is 92.2 cm³/mol. The van der Waals surface area contributed by atoms with Crippen LogP contribution in [0.1, 0.15) is 52.2 Å². The predicted octanol–water partition coefficient (Wildman–Crippen LogP) is 4.12. The van der Waals surface area contributed by atoms with Crippen molar-refractivity contribution in [2.45, 2.75) is 60.1 Å². The molecule has 0 saturated heterocycles. The number of carbonyl (C=O) groups is 2. The Kier molecular flexibility index (Phi) is 7.79. The first kappa shape index (κ1) is 19.2. The summed E-state index contributed by atoms with van der Waals surface area (Å²) in [6.45, 7) is 10.2. The molecule has 0 bridgehead atoms. The van der Waals surface area contributed by atoms with Crippen LogP contribution in [0.5, 0.6) is 0 Å². The summed E-state index contributed by atoms with van der Waals surface area (Å²) in [5.41, 5.74) is 2.22. The van der Waals surface area contributed by atoms with E-state index in [9.17, 15) is 9.59 Å². The monoisotopic (exact) mass is 319 g/mol. The van der Waals surface area contributed by atoms with Crippen LogP contribution in [0.4, 0.5) is 4.79 Å². The van der Waals surface area contributed by atoms with Gasteiger partial charge in [-0.15, -0.1) is 0 Å². The van der Waals surface area contributed by atoms with E-state index in [4.69, 9.17) is 4.74 Å². The van der Waals surface area contributed by atoms with E-state index in [1.54, 1.807) is 6.92 Å². The number of alkyl carbamates (subject to hydrolysis) is 1. The van der Waals surface area contributed by atoms with Crippen molar-refractivity contribution in [2.24, 2.45) is 11.8 Å². The quantitative estimate of drug-likeness (QED) is 0.784. The number of benzene rings is 1. The van der Waals surface area contributed by atoms with Gasteiger partial charge in [-0.1, -0.05) is 52.0 Å². The molecule has 23 heavy (non-hydrogen) atoms. The van der Waals surface area contributed by atoms with Gasteiger partial charge in [0.1, 0.15) is 6.61 Å². The minimum absolute atomic E-state index is 0.0231. The maximum Gasteiger partial charge on any atom is 0.408 e. The first-order valence-corrected chi connectivity index (χ1v) is 8.31. The summed E-state index contributed by atoms with van der Waals surface area (Å²) in [5, 5.41) is 2.58. The molecule has 0 aliphatic heterocycles. The van der Waals surface area contributed by atoms with Gasteiger partial charge in [-0.2, -0.15) is 0 Å². The first-order chi connectivity index (χ1) is 10.8. The van der Waals surface area contributed by atoms with Crippen LogP contribution >= 0.6 is 0 Å². The van der Waals surface area contributed by atoms with E-state index in [1.165, 1.54) is 5.56 Å². The van der Waals surface area contributed by atoms with Gasteiger partial charge in [-0.25, -0.2) is 4.79 Å². The molecule has 4 nitrogen and oxygen atoms in total. The Morgan fingerprint density at radius 1 is 0.957 bits per heavy atom. The molecule has 0 fully saturated rings. The summed E-state index contributed by atoms with van der Waals surface area (Å²) in [5.74, 6) is 0.926. The van der Waals surface area contributed by atoms with Crippen LogP contribution in [0.3, 0.4) is 0 Å². The second-order valence-electron chi connectivity index (χ2n) is 6.92. The number of nitrogens with one attached hydrogen (secondary N) is 1. The molecule has 0 heterocycles. The van der Waals surface area contributed by atoms with Gasteiger partial charge >= 0.3 is 6.09 Å². The summed E-state index contributed by atoms with van der Waals surface area (Å²) in [7, 11) is 0. The zero-order valence-electron chi connectivity index (χ0n) is 14.9. The summed E-state index contributed by atoms with van der Waals surface area (Å²) in [6, 6.07) is 7.55. The van der Waals surface area contributed by atoms with Crippen LogP contribution in [0.15, 0.2) is 24.3 Å². The number of ether oxygens (including phenoxy) is 1.